The smallest absolute Gasteiger partial charge is 0.0714 e. The average Bonchev–Trinajstić information content (AvgIpc) is 3.68. The normalized spacial score (nSPS) is 13.1. The molecule has 49 heavy (non-hydrogen) atoms. The molecule has 1 aliphatic rings. The lowest BCUT2D eigenvalue weighted by molar-refractivity contribution is 0.768. The number of nitrogens with zero attached hydrogens (tertiary/aromatic N) is 1. The third-order valence-electron chi connectivity index (χ3n) is 10.3. The SMILES string of the molecule is c1ccc(N(c2cccc(C3(c4ccccc4)c4ccccc4-c4ccccc43)c2)c2ccc3cc4c(cc3c2)sc2ccccc24)cc1. The van der Waals surface area contributed by atoms with Gasteiger partial charge in [-0.3, -0.25) is 0 Å². The van der Waals surface area contributed by atoms with Gasteiger partial charge in [-0.1, -0.05) is 133 Å². The van der Waals surface area contributed by atoms with Crippen molar-refractivity contribution in [3.8, 4) is 11.1 Å². The fraction of sp³-hybridized carbons (Fsp3) is 0.0213. The molecule has 0 N–H and O–H groups in total. The maximum Gasteiger partial charge on any atom is 0.0714 e. The van der Waals surface area contributed by atoms with Gasteiger partial charge < -0.3 is 4.90 Å². The molecular formula is C47H31NS. The Bertz CT molecular complexity index is 2630. The van der Waals surface area contributed by atoms with Gasteiger partial charge in [0.25, 0.3) is 0 Å². The van der Waals surface area contributed by atoms with E-state index in [9.17, 15) is 0 Å². The Morgan fingerprint density at radius 1 is 0.367 bits per heavy atom. The Kier molecular flexibility index (Phi) is 6.34. The molecule has 1 aliphatic carbocycles. The molecule has 0 radical (unpaired) electrons. The van der Waals surface area contributed by atoms with Crippen molar-refractivity contribution in [3.63, 3.8) is 0 Å². The van der Waals surface area contributed by atoms with E-state index in [1.807, 2.05) is 11.3 Å². The third-order valence-corrected chi connectivity index (χ3v) is 11.4. The van der Waals surface area contributed by atoms with Crippen LogP contribution in [0.5, 0.6) is 0 Å². The van der Waals surface area contributed by atoms with Crippen molar-refractivity contribution in [2.45, 2.75) is 5.41 Å². The van der Waals surface area contributed by atoms with Crippen LogP contribution >= 0.6 is 11.3 Å². The molecule has 0 amide bonds. The van der Waals surface area contributed by atoms with E-state index in [0.29, 0.717) is 0 Å². The molecule has 1 nitrogen and oxygen atoms in total. The summed E-state index contributed by atoms with van der Waals surface area (Å²) in [7, 11) is 0. The molecule has 0 saturated carbocycles. The largest absolute Gasteiger partial charge is 0.310 e. The Balaban J connectivity index is 1.20. The summed E-state index contributed by atoms with van der Waals surface area (Å²) in [5.74, 6) is 0. The van der Waals surface area contributed by atoms with Gasteiger partial charge in [0, 0.05) is 37.2 Å². The first-order chi connectivity index (χ1) is 24.3. The maximum atomic E-state index is 2.41. The molecule has 1 heterocycles. The fourth-order valence-corrected chi connectivity index (χ4v) is 9.35. The number of thiophene rings is 1. The standard InChI is InChI=1S/C47H31NS/c1-3-14-34(15-4-1)47(43-23-10-7-20-39(43)40-21-8-11-24-44(40)47)35-16-13-19-37(31-35)48(36-17-5-2-6-18-36)38-27-26-32-29-42-41-22-9-12-25-45(41)49-46(42)30-33(32)28-38/h1-31H. The van der Waals surface area contributed by atoms with E-state index < -0.39 is 5.41 Å². The zero-order chi connectivity index (χ0) is 32.4. The number of fused-ring (bicyclic) bond motifs is 7. The van der Waals surface area contributed by atoms with Crippen molar-refractivity contribution in [1.29, 1.82) is 0 Å². The van der Waals surface area contributed by atoms with Crippen LogP contribution in [0.15, 0.2) is 188 Å². The summed E-state index contributed by atoms with van der Waals surface area (Å²) in [5.41, 5.74) is 10.7. The number of hydrogen-bond acceptors (Lipinski definition) is 2. The van der Waals surface area contributed by atoms with Crippen LogP contribution in [0.3, 0.4) is 0 Å². The highest BCUT2D eigenvalue weighted by atomic mass is 32.1. The summed E-state index contributed by atoms with van der Waals surface area (Å²) in [6.07, 6.45) is 0. The lowest BCUT2D eigenvalue weighted by Gasteiger charge is -2.35. The Hall–Kier alpha value is -5.96. The van der Waals surface area contributed by atoms with E-state index in [1.165, 1.54) is 64.3 Å². The Morgan fingerprint density at radius 3 is 1.76 bits per heavy atom. The van der Waals surface area contributed by atoms with Crippen LogP contribution in [0.25, 0.3) is 42.1 Å². The molecule has 1 aromatic heterocycles. The van der Waals surface area contributed by atoms with Gasteiger partial charge in [0.15, 0.2) is 0 Å². The van der Waals surface area contributed by atoms with Gasteiger partial charge in [-0.15, -0.1) is 11.3 Å². The van der Waals surface area contributed by atoms with Crippen molar-refractivity contribution >= 4 is 59.3 Å². The van der Waals surface area contributed by atoms with Crippen LogP contribution in [-0.4, -0.2) is 0 Å². The first-order valence-corrected chi connectivity index (χ1v) is 17.7. The van der Waals surface area contributed by atoms with Crippen molar-refractivity contribution in [1.82, 2.24) is 0 Å². The summed E-state index contributed by atoms with van der Waals surface area (Å²) in [4.78, 5) is 2.41. The highest BCUT2D eigenvalue weighted by molar-refractivity contribution is 7.25. The molecule has 0 spiro atoms. The van der Waals surface area contributed by atoms with Crippen LogP contribution in [0.1, 0.15) is 22.3 Å². The monoisotopic (exact) mass is 641 g/mol. The van der Waals surface area contributed by atoms with E-state index in [0.717, 1.165) is 17.1 Å². The predicted octanol–water partition coefficient (Wildman–Crippen LogP) is 13.0. The first kappa shape index (κ1) is 28.1. The molecule has 0 bridgehead atoms. The summed E-state index contributed by atoms with van der Waals surface area (Å²) in [6.45, 7) is 0. The summed E-state index contributed by atoms with van der Waals surface area (Å²) < 4.78 is 2.65. The van der Waals surface area contributed by atoms with Crippen LogP contribution in [-0.2, 0) is 5.41 Å². The van der Waals surface area contributed by atoms with Crippen molar-refractivity contribution in [2.75, 3.05) is 4.90 Å². The van der Waals surface area contributed by atoms with E-state index in [1.54, 1.807) is 0 Å². The van der Waals surface area contributed by atoms with E-state index in [-0.39, 0.29) is 0 Å². The topological polar surface area (TPSA) is 3.24 Å². The molecule has 0 atom stereocenters. The summed E-state index contributed by atoms with van der Waals surface area (Å²) in [6, 6.07) is 69.3. The van der Waals surface area contributed by atoms with E-state index >= 15 is 0 Å². The molecule has 8 aromatic carbocycles. The second kappa shape index (κ2) is 11.1. The van der Waals surface area contributed by atoms with Crippen LogP contribution in [0, 0.1) is 0 Å². The summed E-state index contributed by atoms with van der Waals surface area (Å²) >= 11 is 1.87. The van der Waals surface area contributed by atoms with Gasteiger partial charge in [-0.2, -0.15) is 0 Å². The summed E-state index contributed by atoms with van der Waals surface area (Å²) in [5, 5.41) is 5.16. The lowest BCUT2D eigenvalue weighted by atomic mass is 9.67. The highest BCUT2D eigenvalue weighted by Gasteiger charge is 2.46. The van der Waals surface area contributed by atoms with Gasteiger partial charge in [-0.25, -0.2) is 0 Å². The number of rotatable bonds is 5. The second-order valence-electron chi connectivity index (χ2n) is 12.9. The van der Waals surface area contributed by atoms with Crippen molar-refractivity contribution in [2.24, 2.45) is 0 Å². The van der Waals surface area contributed by atoms with Crippen molar-refractivity contribution < 1.29 is 0 Å². The average molecular weight is 642 g/mol. The highest BCUT2D eigenvalue weighted by Crippen LogP contribution is 2.56. The third kappa shape index (κ3) is 4.24. The molecule has 230 valence electrons. The quantitative estimate of drug-likeness (QED) is 0.181. The lowest BCUT2D eigenvalue weighted by Crippen LogP contribution is -2.28. The molecular weight excluding hydrogens is 611 g/mol. The zero-order valence-corrected chi connectivity index (χ0v) is 27.6. The molecule has 9 aromatic rings. The molecule has 0 saturated heterocycles. The molecule has 0 unspecified atom stereocenters. The van der Waals surface area contributed by atoms with Crippen LogP contribution in [0.2, 0.25) is 0 Å². The number of anilines is 3. The van der Waals surface area contributed by atoms with Gasteiger partial charge >= 0.3 is 0 Å². The zero-order valence-electron chi connectivity index (χ0n) is 26.8. The van der Waals surface area contributed by atoms with E-state index in [2.05, 4.69) is 193 Å². The minimum Gasteiger partial charge on any atom is -0.310 e. The molecule has 10 rings (SSSR count). The van der Waals surface area contributed by atoms with Gasteiger partial charge in [0.05, 0.1) is 5.41 Å². The Morgan fingerprint density at radius 2 is 0.980 bits per heavy atom. The van der Waals surface area contributed by atoms with Gasteiger partial charge in [-0.05, 0) is 98.8 Å². The van der Waals surface area contributed by atoms with Gasteiger partial charge in [0.2, 0.25) is 0 Å². The van der Waals surface area contributed by atoms with Gasteiger partial charge in [0.1, 0.15) is 0 Å². The first-order valence-electron chi connectivity index (χ1n) is 16.8. The minimum atomic E-state index is -0.455. The van der Waals surface area contributed by atoms with Crippen LogP contribution in [0.4, 0.5) is 17.1 Å². The second-order valence-corrected chi connectivity index (χ2v) is 14.0. The predicted molar refractivity (Wildman–Crippen MR) is 209 cm³/mol. The Labute approximate surface area is 290 Å². The fourth-order valence-electron chi connectivity index (χ4n) is 8.21. The molecule has 2 heteroatoms. The van der Waals surface area contributed by atoms with Crippen molar-refractivity contribution in [3.05, 3.63) is 210 Å². The number of benzene rings is 8. The number of hydrogen-bond donors (Lipinski definition) is 0. The number of para-hydroxylation sites is 1. The van der Waals surface area contributed by atoms with E-state index in [4.69, 9.17) is 0 Å². The molecule has 0 aliphatic heterocycles. The minimum absolute atomic E-state index is 0.455. The maximum absolute atomic E-state index is 2.41. The van der Waals surface area contributed by atoms with Crippen LogP contribution < -0.4 is 4.90 Å². The molecule has 0 fully saturated rings.